The van der Waals surface area contributed by atoms with Gasteiger partial charge in [-0.15, -0.1) is 0 Å². The van der Waals surface area contributed by atoms with Crippen LogP contribution >= 0.6 is 0 Å². The van der Waals surface area contributed by atoms with Crippen molar-refractivity contribution in [3.05, 3.63) is 42.1 Å². The first-order valence-electron chi connectivity index (χ1n) is 5.66. The Bertz CT molecular complexity index is 514. The molecule has 0 fully saturated rings. The molecule has 0 aliphatic heterocycles. The van der Waals surface area contributed by atoms with Gasteiger partial charge in [-0.1, -0.05) is 12.1 Å². The lowest BCUT2D eigenvalue weighted by atomic mass is 10.0. The molecule has 0 bridgehead atoms. The molecule has 18 heavy (non-hydrogen) atoms. The van der Waals surface area contributed by atoms with Gasteiger partial charge in [0.1, 0.15) is 0 Å². The van der Waals surface area contributed by atoms with E-state index in [1.165, 1.54) is 0 Å². The Morgan fingerprint density at radius 2 is 2.00 bits per heavy atom. The average molecular weight is 247 g/mol. The van der Waals surface area contributed by atoms with E-state index in [4.69, 9.17) is 15.3 Å². The fourth-order valence-corrected chi connectivity index (χ4v) is 1.99. The Kier molecular flexibility index (Phi) is 4.22. The van der Waals surface area contributed by atoms with Crippen LogP contribution in [0.25, 0.3) is 10.9 Å². The lowest BCUT2D eigenvalue weighted by Gasteiger charge is -2.24. The van der Waals surface area contributed by atoms with Crippen LogP contribution in [0.4, 0.5) is 0 Å². The Morgan fingerprint density at radius 1 is 1.22 bits per heavy atom. The lowest BCUT2D eigenvalue weighted by molar-refractivity contribution is -0.124. The van der Waals surface area contributed by atoms with Gasteiger partial charge in [-0.05, 0) is 23.8 Å². The molecule has 2 rings (SSSR count). The summed E-state index contributed by atoms with van der Waals surface area (Å²) in [6.45, 7) is 0. The highest BCUT2D eigenvalue weighted by atomic mass is 16.7. The Hall–Kier alpha value is -1.53. The number of ether oxygens (including phenoxy) is 2. The maximum Gasteiger partial charge on any atom is 0.177 e. The van der Waals surface area contributed by atoms with E-state index in [1.807, 2.05) is 30.3 Å². The molecule has 0 aliphatic carbocycles. The molecule has 0 saturated carbocycles. The van der Waals surface area contributed by atoms with E-state index in [1.54, 1.807) is 20.4 Å². The molecular weight excluding hydrogens is 230 g/mol. The van der Waals surface area contributed by atoms with Gasteiger partial charge in [-0.2, -0.15) is 0 Å². The van der Waals surface area contributed by atoms with Gasteiger partial charge in [0.15, 0.2) is 6.29 Å². The fraction of sp³-hybridized carbons (Fsp3) is 0.308. The topological polar surface area (TPSA) is 69.4 Å². The van der Waals surface area contributed by atoms with E-state index < -0.39 is 6.29 Å². The fourth-order valence-electron chi connectivity index (χ4n) is 1.99. The Balaban J connectivity index is 2.39. The van der Waals surface area contributed by atoms with Crippen LogP contribution in [-0.2, 0) is 9.47 Å². The molecule has 96 valence electrons. The first kappa shape index (κ1) is 12.9. The molecule has 3 N–H and O–H groups in total. The molecule has 0 saturated heterocycles. The van der Waals surface area contributed by atoms with Gasteiger partial charge in [-0.3, -0.25) is 10.8 Å². The van der Waals surface area contributed by atoms with Crippen molar-refractivity contribution in [2.24, 2.45) is 5.84 Å². The van der Waals surface area contributed by atoms with E-state index in [0.717, 1.165) is 16.5 Å². The van der Waals surface area contributed by atoms with Crippen LogP contribution in [0.1, 0.15) is 11.6 Å². The van der Waals surface area contributed by atoms with Gasteiger partial charge in [-0.25, -0.2) is 5.43 Å². The first-order chi connectivity index (χ1) is 8.80. The predicted molar refractivity (Wildman–Crippen MR) is 69.6 cm³/mol. The van der Waals surface area contributed by atoms with Gasteiger partial charge in [0.2, 0.25) is 0 Å². The van der Waals surface area contributed by atoms with Crippen LogP contribution in [0.2, 0.25) is 0 Å². The summed E-state index contributed by atoms with van der Waals surface area (Å²) in [7, 11) is 3.17. The number of rotatable bonds is 5. The van der Waals surface area contributed by atoms with Gasteiger partial charge in [0.05, 0.1) is 11.6 Å². The molecule has 5 nitrogen and oxygen atoms in total. The number of nitrogens with one attached hydrogen (secondary N) is 1. The van der Waals surface area contributed by atoms with Crippen molar-refractivity contribution >= 4 is 10.9 Å². The number of nitrogens with zero attached hydrogens (tertiary/aromatic N) is 1. The summed E-state index contributed by atoms with van der Waals surface area (Å²) in [6, 6.07) is 9.62. The highest BCUT2D eigenvalue weighted by Crippen LogP contribution is 2.22. The third-order valence-corrected chi connectivity index (χ3v) is 2.90. The molecule has 1 heterocycles. The highest BCUT2D eigenvalue weighted by molar-refractivity contribution is 5.79. The number of nitrogens with two attached hydrogens (primary N) is 1. The third kappa shape index (κ3) is 2.49. The average Bonchev–Trinajstić information content (AvgIpc) is 2.44. The van der Waals surface area contributed by atoms with Gasteiger partial charge in [0, 0.05) is 25.8 Å². The standard InChI is InChI=1S/C13H17N3O2/c1-17-13(18-2)12(16-14)10-5-6-11-9(8-10)4-3-7-15-11/h3-8,12-13,16H,14H2,1-2H3. The number of hydrogen-bond donors (Lipinski definition) is 2. The maximum atomic E-state index is 5.58. The molecule has 0 spiro atoms. The van der Waals surface area contributed by atoms with Crippen molar-refractivity contribution in [2.45, 2.75) is 12.3 Å². The van der Waals surface area contributed by atoms with E-state index in [2.05, 4.69) is 10.4 Å². The normalized spacial score (nSPS) is 13.1. The van der Waals surface area contributed by atoms with Gasteiger partial charge in [0.25, 0.3) is 0 Å². The summed E-state index contributed by atoms with van der Waals surface area (Å²) < 4.78 is 10.5. The second-order valence-electron chi connectivity index (χ2n) is 3.94. The molecule has 0 aliphatic rings. The summed E-state index contributed by atoms with van der Waals surface area (Å²) in [5, 5.41) is 1.06. The summed E-state index contributed by atoms with van der Waals surface area (Å²) in [5.74, 6) is 5.58. The minimum Gasteiger partial charge on any atom is -0.354 e. The van der Waals surface area contributed by atoms with E-state index in [9.17, 15) is 0 Å². The number of benzene rings is 1. The van der Waals surface area contributed by atoms with Crippen LogP contribution in [0.15, 0.2) is 36.5 Å². The van der Waals surface area contributed by atoms with Crippen molar-refractivity contribution in [1.29, 1.82) is 0 Å². The van der Waals surface area contributed by atoms with E-state index in [0.29, 0.717) is 0 Å². The Morgan fingerprint density at radius 3 is 2.67 bits per heavy atom. The van der Waals surface area contributed by atoms with Crippen LogP contribution in [0.3, 0.4) is 0 Å². The molecule has 1 unspecified atom stereocenters. The Labute approximate surface area is 106 Å². The van der Waals surface area contributed by atoms with Crippen molar-refractivity contribution < 1.29 is 9.47 Å². The summed E-state index contributed by atoms with van der Waals surface area (Å²) in [4.78, 5) is 4.28. The smallest absolute Gasteiger partial charge is 0.177 e. The lowest BCUT2D eigenvalue weighted by Crippen LogP contribution is -2.38. The van der Waals surface area contributed by atoms with E-state index in [-0.39, 0.29) is 6.04 Å². The summed E-state index contributed by atoms with van der Waals surface area (Å²) in [5.41, 5.74) is 4.65. The minimum absolute atomic E-state index is 0.232. The van der Waals surface area contributed by atoms with Crippen LogP contribution in [0.5, 0.6) is 0 Å². The largest absolute Gasteiger partial charge is 0.354 e. The number of hydrogen-bond acceptors (Lipinski definition) is 5. The highest BCUT2D eigenvalue weighted by Gasteiger charge is 2.21. The summed E-state index contributed by atoms with van der Waals surface area (Å²) >= 11 is 0. The molecule has 1 atom stereocenters. The second-order valence-corrected chi connectivity index (χ2v) is 3.94. The minimum atomic E-state index is -0.441. The SMILES string of the molecule is COC(OC)C(NN)c1ccc2ncccc2c1. The zero-order valence-electron chi connectivity index (χ0n) is 10.5. The van der Waals surface area contributed by atoms with Crippen molar-refractivity contribution in [3.8, 4) is 0 Å². The van der Waals surface area contributed by atoms with Crippen LogP contribution < -0.4 is 11.3 Å². The zero-order chi connectivity index (χ0) is 13.0. The number of aromatic nitrogens is 1. The van der Waals surface area contributed by atoms with Crippen molar-refractivity contribution in [2.75, 3.05) is 14.2 Å². The quantitative estimate of drug-likeness (QED) is 0.474. The summed E-state index contributed by atoms with van der Waals surface area (Å²) in [6.07, 6.45) is 1.33. The second kappa shape index (κ2) is 5.88. The molecule has 2 aromatic rings. The molecular formula is C13H17N3O2. The first-order valence-corrected chi connectivity index (χ1v) is 5.66. The molecule has 0 amide bonds. The van der Waals surface area contributed by atoms with Gasteiger partial charge >= 0.3 is 0 Å². The predicted octanol–water partition coefficient (Wildman–Crippen LogP) is 1.36. The van der Waals surface area contributed by atoms with Crippen molar-refractivity contribution in [1.82, 2.24) is 10.4 Å². The number of fused-ring (bicyclic) bond motifs is 1. The van der Waals surface area contributed by atoms with Crippen LogP contribution in [0, 0.1) is 0 Å². The third-order valence-electron chi connectivity index (χ3n) is 2.90. The van der Waals surface area contributed by atoms with Gasteiger partial charge < -0.3 is 9.47 Å². The van der Waals surface area contributed by atoms with E-state index >= 15 is 0 Å². The number of pyridine rings is 1. The van der Waals surface area contributed by atoms with Crippen molar-refractivity contribution in [3.63, 3.8) is 0 Å². The van der Waals surface area contributed by atoms with Crippen LogP contribution in [-0.4, -0.2) is 25.5 Å². The number of methoxy groups -OCH3 is 2. The molecule has 5 heteroatoms. The zero-order valence-corrected chi connectivity index (χ0v) is 10.5. The monoisotopic (exact) mass is 247 g/mol. The molecule has 1 aromatic heterocycles. The maximum absolute atomic E-state index is 5.58. The molecule has 0 radical (unpaired) electrons. The molecule has 1 aromatic carbocycles. The number of hydrazine groups is 1.